The molecule has 6 nitrogen and oxygen atoms in total. The first kappa shape index (κ1) is 15.9. The maximum absolute atomic E-state index is 10.4. The van der Waals surface area contributed by atoms with Crippen molar-refractivity contribution in [2.24, 2.45) is 0 Å². The summed E-state index contributed by atoms with van der Waals surface area (Å²) in [6.07, 6.45) is 0. The fourth-order valence-electron chi connectivity index (χ4n) is 0.479. The van der Waals surface area contributed by atoms with Gasteiger partial charge in [0.2, 0.25) is 0 Å². The van der Waals surface area contributed by atoms with Gasteiger partial charge in [-0.1, -0.05) is 0 Å². The smallest absolute Gasteiger partial charge is 0.462 e. The SMILES string of the molecule is CC(=O)OB(OC(C)=O)OC(C)=O.[Na+]. The maximum atomic E-state index is 10.4. The van der Waals surface area contributed by atoms with Crippen LogP contribution in [0.4, 0.5) is 0 Å². The van der Waals surface area contributed by atoms with Crippen LogP contribution in [-0.4, -0.2) is 25.2 Å². The molecule has 0 amide bonds. The maximum Gasteiger partial charge on any atom is 1.00 e. The number of rotatable bonds is 3. The number of hydrogen-bond donors (Lipinski definition) is 0. The predicted molar refractivity (Wildman–Crippen MR) is 41.1 cm³/mol. The molecule has 0 aliphatic heterocycles. The van der Waals surface area contributed by atoms with Crippen molar-refractivity contribution in [3.05, 3.63) is 0 Å². The van der Waals surface area contributed by atoms with Gasteiger partial charge in [-0.3, -0.25) is 14.4 Å². The van der Waals surface area contributed by atoms with Gasteiger partial charge in [0.1, 0.15) is 0 Å². The Kier molecular flexibility index (Phi) is 8.92. The third kappa shape index (κ3) is 9.56. The molecule has 0 aliphatic carbocycles. The van der Waals surface area contributed by atoms with Gasteiger partial charge in [-0.05, 0) is 0 Å². The molecular weight excluding hydrogens is 202 g/mol. The molecule has 0 fully saturated rings. The van der Waals surface area contributed by atoms with E-state index in [4.69, 9.17) is 0 Å². The summed E-state index contributed by atoms with van der Waals surface area (Å²) in [7, 11) is -1.59. The molecule has 0 bridgehead atoms. The van der Waals surface area contributed by atoms with E-state index in [-0.39, 0.29) is 29.6 Å². The fourth-order valence-corrected chi connectivity index (χ4v) is 0.479. The zero-order valence-corrected chi connectivity index (χ0v) is 10.5. The molecule has 72 valence electrons. The second-order valence-electron chi connectivity index (χ2n) is 2.12. The molecule has 0 heterocycles. The third-order valence-corrected chi connectivity index (χ3v) is 0.787. The van der Waals surface area contributed by atoms with E-state index in [0.29, 0.717) is 0 Å². The normalized spacial score (nSPS) is 7.93. The van der Waals surface area contributed by atoms with Gasteiger partial charge in [-0.2, -0.15) is 0 Å². The summed E-state index contributed by atoms with van der Waals surface area (Å²) in [5.41, 5.74) is 0. The Bertz CT molecular complexity index is 192. The van der Waals surface area contributed by atoms with Crippen molar-refractivity contribution in [1.29, 1.82) is 0 Å². The zero-order chi connectivity index (χ0) is 10.4. The fraction of sp³-hybridized carbons (Fsp3) is 0.500. The Morgan fingerprint density at radius 2 is 1.00 bits per heavy atom. The van der Waals surface area contributed by atoms with Gasteiger partial charge in [-0.25, -0.2) is 0 Å². The van der Waals surface area contributed by atoms with Crippen LogP contribution in [0.25, 0.3) is 0 Å². The summed E-state index contributed by atoms with van der Waals surface area (Å²) >= 11 is 0. The average Bonchev–Trinajstić information content (AvgIpc) is 1.80. The molecule has 0 aromatic carbocycles. The molecule has 0 spiro atoms. The van der Waals surface area contributed by atoms with Gasteiger partial charge in [0.25, 0.3) is 17.9 Å². The molecule has 0 atom stereocenters. The van der Waals surface area contributed by atoms with Crippen LogP contribution in [-0.2, 0) is 28.3 Å². The van der Waals surface area contributed by atoms with Crippen molar-refractivity contribution in [2.45, 2.75) is 20.8 Å². The second kappa shape index (κ2) is 7.84. The van der Waals surface area contributed by atoms with Crippen LogP contribution in [0.1, 0.15) is 20.8 Å². The van der Waals surface area contributed by atoms with Gasteiger partial charge in [0.05, 0.1) is 0 Å². The van der Waals surface area contributed by atoms with Crippen molar-refractivity contribution in [2.75, 3.05) is 0 Å². The monoisotopic (exact) mass is 211 g/mol. The Morgan fingerprint density at radius 3 is 1.14 bits per heavy atom. The molecule has 0 unspecified atom stereocenters. The minimum absolute atomic E-state index is 0. The van der Waals surface area contributed by atoms with Crippen molar-refractivity contribution in [3.8, 4) is 0 Å². The molecule has 0 N–H and O–H groups in total. The van der Waals surface area contributed by atoms with Crippen molar-refractivity contribution in [1.82, 2.24) is 0 Å². The van der Waals surface area contributed by atoms with Crippen molar-refractivity contribution in [3.63, 3.8) is 0 Å². The van der Waals surface area contributed by atoms with Crippen LogP contribution in [0.5, 0.6) is 0 Å². The summed E-state index contributed by atoms with van der Waals surface area (Å²) in [5, 5.41) is 0. The Balaban J connectivity index is 0. The molecule has 0 aromatic rings. The van der Waals surface area contributed by atoms with Gasteiger partial charge >= 0.3 is 36.9 Å². The molecule has 0 aromatic heterocycles. The van der Waals surface area contributed by atoms with Gasteiger partial charge in [0, 0.05) is 20.8 Å². The van der Waals surface area contributed by atoms with Crippen LogP contribution in [0, 0.1) is 0 Å². The van der Waals surface area contributed by atoms with Crippen molar-refractivity contribution >= 4 is 25.2 Å². The first-order chi connectivity index (χ1) is 5.91. The van der Waals surface area contributed by atoms with Crippen LogP contribution in [0.3, 0.4) is 0 Å². The van der Waals surface area contributed by atoms with Crippen molar-refractivity contribution < 1.29 is 57.9 Å². The van der Waals surface area contributed by atoms with E-state index in [0.717, 1.165) is 20.8 Å². The Labute approximate surface area is 104 Å². The minimum Gasteiger partial charge on any atom is -0.462 e. The average molecular weight is 211 g/mol. The largest absolute Gasteiger partial charge is 1.00 e. The molecule has 14 heavy (non-hydrogen) atoms. The molecule has 0 saturated carbocycles. The van der Waals surface area contributed by atoms with Crippen LogP contribution < -0.4 is 29.6 Å². The summed E-state index contributed by atoms with van der Waals surface area (Å²) in [6.45, 7) is 3.29. The van der Waals surface area contributed by atoms with E-state index < -0.39 is 25.2 Å². The molecule has 8 heteroatoms. The second-order valence-corrected chi connectivity index (χ2v) is 2.12. The van der Waals surface area contributed by atoms with Gasteiger partial charge < -0.3 is 14.0 Å². The number of carbonyl (C=O) groups is 3. The third-order valence-electron chi connectivity index (χ3n) is 0.787. The van der Waals surface area contributed by atoms with Crippen LogP contribution >= 0.6 is 0 Å². The summed E-state index contributed by atoms with van der Waals surface area (Å²) in [5.74, 6) is -2.15. The molecule has 0 rings (SSSR count). The first-order valence-corrected chi connectivity index (χ1v) is 3.43. The topological polar surface area (TPSA) is 78.9 Å². The van der Waals surface area contributed by atoms with E-state index in [1.165, 1.54) is 0 Å². The van der Waals surface area contributed by atoms with E-state index in [1.807, 2.05) is 0 Å². The van der Waals surface area contributed by atoms with E-state index >= 15 is 0 Å². The van der Waals surface area contributed by atoms with E-state index in [1.54, 1.807) is 0 Å². The zero-order valence-electron chi connectivity index (χ0n) is 8.53. The number of hydrogen-bond acceptors (Lipinski definition) is 6. The number of carbonyl (C=O) groups excluding carboxylic acids is 3. The molecular formula is C6H9BNaO6+. The first-order valence-electron chi connectivity index (χ1n) is 3.43. The quantitative estimate of drug-likeness (QED) is 0.454. The summed E-state index contributed by atoms with van der Waals surface area (Å²) in [6, 6.07) is 0. The standard InChI is InChI=1S/C6H9BO6.Na/c1-4(8)11-7(12-5(2)9)13-6(3)10;/h1-3H3;/q;+1. The van der Waals surface area contributed by atoms with Crippen LogP contribution in [0.2, 0.25) is 0 Å². The van der Waals surface area contributed by atoms with E-state index in [2.05, 4.69) is 14.0 Å². The Morgan fingerprint density at radius 1 is 0.786 bits per heavy atom. The van der Waals surface area contributed by atoms with E-state index in [9.17, 15) is 14.4 Å². The minimum atomic E-state index is -1.59. The molecule has 0 radical (unpaired) electrons. The molecule has 0 aliphatic rings. The van der Waals surface area contributed by atoms with Gasteiger partial charge in [0.15, 0.2) is 0 Å². The van der Waals surface area contributed by atoms with Gasteiger partial charge in [-0.15, -0.1) is 0 Å². The molecule has 0 saturated heterocycles. The Hall–Kier alpha value is -0.525. The summed E-state index contributed by atoms with van der Waals surface area (Å²) in [4.78, 5) is 31.2. The predicted octanol–water partition coefficient (Wildman–Crippen LogP) is -3.34. The summed E-state index contributed by atoms with van der Waals surface area (Å²) < 4.78 is 13.0. The van der Waals surface area contributed by atoms with Crippen LogP contribution in [0.15, 0.2) is 0 Å².